The van der Waals surface area contributed by atoms with E-state index < -0.39 is 24.2 Å². The number of carbonyl (C=O) groups excluding carboxylic acids is 2. The summed E-state index contributed by atoms with van der Waals surface area (Å²) in [5.74, 6) is -0.681. The van der Waals surface area contributed by atoms with Crippen LogP contribution in [0.15, 0.2) is 24.3 Å². The molecular formula is C17H20N2O5S. The summed E-state index contributed by atoms with van der Waals surface area (Å²) in [5.41, 5.74) is 1.67. The Morgan fingerprint density at radius 1 is 1.24 bits per heavy atom. The average molecular weight is 364 g/mol. The molecule has 8 heteroatoms. The third-order valence-electron chi connectivity index (χ3n) is 4.44. The number of carboxylic acid groups (broad SMARTS) is 1. The molecule has 0 spiro atoms. The minimum Gasteiger partial charge on any atom is -0.479 e. The number of amides is 2. The maximum atomic E-state index is 12.7. The van der Waals surface area contributed by atoms with Crippen molar-refractivity contribution in [2.75, 3.05) is 16.9 Å². The molecular weight excluding hydrogens is 344 g/mol. The number of nitrogens with zero attached hydrogens (tertiary/aromatic N) is 1. The van der Waals surface area contributed by atoms with Crippen LogP contribution in [-0.4, -0.2) is 57.7 Å². The van der Waals surface area contributed by atoms with Gasteiger partial charge in [-0.2, -0.15) is 0 Å². The SMILES string of the molecule is Cc1ccccc1NC(=O)C1CSCN1C(=O)[C@@H]1CC[C@H](C(=O)O)O1. The quantitative estimate of drug-likeness (QED) is 0.840. The van der Waals surface area contributed by atoms with E-state index in [0.717, 1.165) is 11.3 Å². The molecule has 3 rings (SSSR count). The molecule has 0 saturated carbocycles. The second-order valence-electron chi connectivity index (χ2n) is 6.16. The van der Waals surface area contributed by atoms with E-state index in [9.17, 15) is 14.4 Å². The van der Waals surface area contributed by atoms with Gasteiger partial charge in [0.1, 0.15) is 12.1 Å². The maximum absolute atomic E-state index is 12.7. The van der Waals surface area contributed by atoms with Crippen molar-refractivity contribution in [3.05, 3.63) is 29.8 Å². The molecule has 2 amide bonds. The molecule has 1 aromatic carbocycles. The molecule has 2 aliphatic heterocycles. The van der Waals surface area contributed by atoms with Gasteiger partial charge in [0.05, 0.1) is 5.88 Å². The van der Waals surface area contributed by atoms with E-state index in [1.807, 2.05) is 31.2 Å². The van der Waals surface area contributed by atoms with Crippen LogP contribution in [0.5, 0.6) is 0 Å². The summed E-state index contributed by atoms with van der Waals surface area (Å²) in [6, 6.07) is 6.87. The lowest BCUT2D eigenvalue weighted by Crippen LogP contribution is -2.48. The van der Waals surface area contributed by atoms with Crippen LogP contribution >= 0.6 is 11.8 Å². The zero-order valence-corrected chi connectivity index (χ0v) is 14.6. The van der Waals surface area contributed by atoms with Gasteiger partial charge in [-0.25, -0.2) is 4.79 Å². The molecule has 2 saturated heterocycles. The summed E-state index contributed by atoms with van der Waals surface area (Å²) in [7, 11) is 0. The monoisotopic (exact) mass is 364 g/mol. The van der Waals surface area contributed by atoms with Crippen molar-refractivity contribution in [1.29, 1.82) is 0 Å². The molecule has 2 N–H and O–H groups in total. The van der Waals surface area contributed by atoms with Gasteiger partial charge in [0.2, 0.25) is 5.91 Å². The molecule has 134 valence electrons. The number of ether oxygens (including phenoxy) is 1. The zero-order valence-electron chi connectivity index (χ0n) is 13.8. The molecule has 2 heterocycles. The van der Waals surface area contributed by atoms with Crippen molar-refractivity contribution in [2.24, 2.45) is 0 Å². The van der Waals surface area contributed by atoms with Crippen LogP contribution < -0.4 is 5.32 Å². The van der Waals surface area contributed by atoms with Crippen LogP contribution in [0.2, 0.25) is 0 Å². The van der Waals surface area contributed by atoms with Crippen LogP contribution in [0.4, 0.5) is 5.69 Å². The Kier molecular flexibility index (Phi) is 5.29. The largest absolute Gasteiger partial charge is 0.479 e. The van der Waals surface area contributed by atoms with Crippen molar-refractivity contribution in [3.8, 4) is 0 Å². The molecule has 0 aromatic heterocycles. The van der Waals surface area contributed by atoms with E-state index >= 15 is 0 Å². The number of aryl methyl sites for hydroxylation is 1. The standard InChI is InChI=1S/C17H20N2O5S/c1-10-4-2-3-5-11(10)18-15(20)12-8-25-9-19(12)16(21)13-6-7-14(24-13)17(22)23/h2-5,12-14H,6-9H2,1H3,(H,18,20)(H,22,23)/t12?,13-,14+/m0/s1. The smallest absolute Gasteiger partial charge is 0.332 e. The number of para-hydroxylation sites is 1. The number of hydrogen-bond acceptors (Lipinski definition) is 5. The Balaban J connectivity index is 1.66. The van der Waals surface area contributed by atoms with Crippen LogP contribution in [0, 0.1) is 6.92 Å². The van der Waals surface area contributed by atoms with Gasteiger partial charge in [-0.3, -0.25) is 9.59 Å². The fourth-order valence-electron chi connectivity index (χ4n) is 2.99. The number of aliphatic carboxylic acids is 1. The molecule has 3 atom stereocenters. The van der Waals surface area contributed by atoms with Gasteiger partial charge < -0.3 is 20.1 Å². The number of carbonyl (C=O) groups is 3. The van der Waals surface area contributed by atoms with Crippen molar-refractivity contribution in [2.45, 2.75) is 38.0 Å². The number of nitrogens with one attached hydrogen (secondary N) is 1. The summed E-state index contributed by atoms with van der Waals surface area (Å²) >= 11 is 1.50. The topological polar surface area (TPSA) is 95.9 Å². The van der Waals surface area contributed by atoms with E-state index in [0.29, 0.717) is 24.5 Å². The number of rotatable bonds is 4. The van der Waals surface area contributed by atoms with Gasteiger partial charge in [-0.05, 0) is 31.4 Å². The second-order valence-corrected chi connectivity index (χ2v) is 7.16. The molecule has 1 aromatic rings. The first-order valence-electron chi connectivity index (χ1n) is 8.10. The summed E-state index contributed by atoms with van der Waals surface area (Å²) in [6.45, 7) is 1.90. The van der Waals surface area contributed by atoms with Gasteiger partial charge in [0.25, 0.3) is 5.91 Å². The Labute approximate surface area is 149 Å². The Bertz CT molecular complexity index is 695. The fraction of sp³-hybridized carbons (Fsp3) is 0.471. The van der Waals surface area contributed by atoms with E-state index in [1.54, 1.807) is 0 Å². The van der Waals surface area contributed by atoms with Gasteiger partial charge in [0.15, 0.2) is 6.10 Å². The highest BCUT2D eigenvalue weighted by Crippen LogP contribution is 2.28. The van der Waals surface area contributed by atoms with E-state index in [2.05, 4.69) is 5.32 Å². The number of thioether (sulfide) groups is 1. The second kappa shape index (κ2) is 7.45. The molecule has 25 heavy (non-hydrogen) atoms. The predicted octanol–water partition coefficient (Wildman–Crippen LogP) is 1.47. The lowest BCUT2D eigenvalue weighted by molar-refractivity contribution is -0.155. The minimum absolute atomic E-state index is 0.236. The van der Waals surface area contributed by atoms with Crippen LogP contribution in [0.1, 0.15) is 18.4 Å². The molecule has 0 bridgehead atoms. The van der Waals surface area contributed by atoms with Crippen LogP contribution in [0.25, 0.3) is 0 Å². The van der Waals surface area contributed by atoms with Gasteiger partial charge in [-0.15, -0.1) is 11.8 Å². The van der Waals surface area contributed by atoms with E-state index in [1.165, 1.54) is 16.7 Å². The first-order chi connectivity index (χ1) is 12.0. The van der Waals surface area contributed by atoms with Gasteiger partial charge in [0, 0.05) is 11.4 Å². The van der Waals surface area contributed by atoms with E-state index in [4.69, 9.17) is 9.84 Å². The Morgan fingerprint density at radius 2 is 1.96 bits per heavy atom. The average Bonchev–Trinajstić information content (AvgIpc) is 3.26. The summed E-state index contributed by atoms with van der Waals surface area (Å²) in [6.07, 6.45) is -1.05. The number of benzene rings is 1. The first kappa shape index (κ1) is 17.8. The van der Waals surface area contributed by atoms with E-state index in [-0.39, 0.29) is 11.8 Å². The highest BCUT2D eigenvalue weighted by molar-refractivity contribution is 7.99. The predicted molar refractivity (Wildman–Crippen MR) is 93.3 cm³/mol. The number of carboxylic acids is 1. The van der Waals surface area contributed by atoms with Crippen molar-refractivity contribution < 1.29 is 24.2 Å². The first-order valence-corrected chi connectivity index (χ1v) is 9.26. The Morgan fingerprint density at radius 3 is 2.64 bits per heavy atom. The summed E-state index contributed by atoms with van der Waals surface area (Å²) in [4.78, 5) is 37.8. The third kappa shape index (κ3) is 3.80. The number of hydrogen-bond donors (Lipinski definition) is 2. The molecule has 1 unspecified atom stereocenters. The summed E-state index contributed by atoms with van der Waals surface area (Å²) < 4.78 is 5.33. The molecule has 0 radical (unpaired) electrons. The zero-order chi connectivity index (χ0) is 18.0. The third-order valence-corrected chi connectivity index (χ3v) is 5.45. The fourth-order valence-corrected chi connectivity index (χ4v) is 4.16. The molecule has 2 fully saturated rings. The Hall–Kier alpha value is -2.06. The molecule has 2 aliphatic rings. The lowest BCUT2D eigenvalue weighted by atomic mass is 10.1. The summed E-state index contributed by atoms with van der Waals surface area (Å²) in [5, 5.41) is 11.9. The lowest BCUT2D eigenvalue weighted by Gasteiger charge is -2.25. The van der Waals surface area contributed by atoms with Crippen molar-refractivity contribution in [1.82, 2.24) is 4.90 Å². The number of anilines is 1. The van der Waals surface area contributed by atoms with Crippen molar-refractivity contribution >= 4 is 35.2 Å². The normalized spacial score (nSPS) is 25.8. The highest BCUT2D eigenvalue weighted by atomic mass is 32.2. The molecule has 0 aliphatic carbocycles. The highest BCUT2D eigenvalue weighted by Gasteiger charge is 2.42. The van der Waals surface area contributed by atoms with Gasteiger partial charge in [-0.1, -0.05) is 18.2 Å². The van der Waals surface area contributed by atoms with Crippen molar-refractivity contribution in [3.63, 3.8) is 0 Å². The van der Waals surface area contributed by atoms with Crippen LogP contribution in [0.3, 0.4) is 0 Å². The maximum Gasteiger partial charge on any atom is 0.332 e. The van der Waals surface area contributed by atoms with Crippen LogP contribution in [-0.2, 0) is 19.1 Å². The molecule has 7 nitrogen and oxygen atoms in total. The van der Waals surface area contributed by atoms with Gasteiger partial charge >= 0.3 is 5.97 Å². The minimum atomic E-state index is -1.06.